The number of hydrogen-bond donors (Lipinski definition) is 1. The van der Waals surface area contributed by atoms with Crippen molar-refractivity contribution in [3.63, 3.8) is 0 Å². The maximum absolute atomic E-state index is 11.7. The van der Waals surface area contributed by atoms with Crippen molar-refractivity contribution in [3.8, 4) is 0 Å². The fourth-order valence-electron chi connectivity index (χ4n) is 1.75. The summed E-state index contributed by atoms with van der Waals surface area (Å²) in [6, 6.07) is 4.89. The number of hydrogen-bond acceptors (Lipinski definition) is 3. The number of morpholine rings is 1. The number of carbonyl (C=O) groups excluding carboxylic acids is 2. The second-order valence-electron chi connectivity index (χ2n) is 3.60. The molecule has 6 heteroatoms. The second kappa shape index (κ2) is 4.73. The van der Waals surface area contributed by atoms with Gasteiger partial charge in [0.25, 0.3) is 11.8 Å². The lowest BCUT2D eigenvalue weighted by molar-refractivity contribution is -0.125. The topological polar surface area (TPSA) is 72.6 Å². The van der Waals surface area contributed by atoms with Gasteiger partial charge >= 0.3 is 0 Å². The lowest BCUT2D eigenvalue weighted by atomic mass is 10.1. The van der Waals surface area contributed by atoms with Crippen LogP contribution in [0.5, 0.6) is 0 Å². The number of ether oxygens (including phenoxy) is 1. The third-order valence-electron chi connectivity index (χ3n) is 2.51. The number of nitrogens with two attached hydrogens (primary N) is 1. The summed E-state index contributed by atoms with van der Waals surface area (Å²) in [6.45, 7) is 0.820. The predicted octanol–water partition coefficient (Wildman–Crippen LogP) is 0.802. The zero-order valence-electron chi connectivity index (χ0n) is 8.98. The van der Waals surface area contributed by atoms with Crippen LogP contribution in [0.3, 0.4) is 0 Å². The molecule has 1 aromatic rings. The van der Waals surface area contributed by atoms with Gasteiger partial charge in [-0.3, -0.25) is 9.59 Å². The summed E-state index contributed by atoms with van der Waals surface area (Å²) in [5.74, 6) is -0.856. The molecule has 0 radical (unpaired) electrons. The lowest BCUT2D eigenvalue weighted by Gasteiger charge is -2.28. The monoisotopic (exact) mass is 254 g/mol. The molecule has 1 fully saturated rings. The highest BCUT2D eigenvalue weighted by Crippen LogP contribution is 2.28. The highest BCUT2D eigenvalue weighted by atomic mass is 35.5. The van der Waals surface area contributed by atoms with Crippen molar-refractivity contribution < 1.29 is 14.3 Å². The molecule has 1 aliphatic rings. The fourth-order valence-corrected chi connectivity index (χ4v) is 2.02. The van der Waals surface area contributed by atoms with E-state index >= 15 is 0 Å². The Kier molecular flexibility index (Phi) is 3.31. The maximum Gasteiger partial charge on any atom is 0.253 e. The minimum atomic E-state index is -0.648. The van der Waals surface area contributed by atoms with Gasteiger partial charge in [-0.15, -0.1) is 0 Å². The molecule has 0 aromatic heterocycles. The van der Waals surface area contributed by atoms with Gasteiger partial charge in [0.05, 0.1) is 22.9 Å². The van der Waals surface area contributed by atoms with E-state index in [1.54, 1.807) is 18.2 Å². The molecule has 0 aliphatic carbocycles. The largest absolute Gasteiger partial charge is 0.370 e. The molecule has 2 rings (SSSR count). The van der Waals surface area contributed by atoms with Crippen molar-refractivity contribution in [3.05, 3.63) is 28.8 Å². The van der Waals surface area contributed by atoms with Crippen LogP contribution in [0, 0.1) is 0 Å². The normalized spacial score (nSPS) is 16.1. The van der Waals surface area contributed by atoms with Gasteiger partial charge in [0.15, 0.2) is 0 Å². The number of benzene rings is 1. The van der Waals surface area contributed by atoms with Gasteiger partial charge in [-0.25, -0.2) is 0 Å². The van der Waals surface area contributed by atoms with Gasteiger partial charge in [-0.2, -0.15) is 0 Å². The van der Waals surface area contributed by atoms with Crippen LogP contribution in [0.1, 0.15) is 10.4 Å². The zero-order chi connectivity index (χ0) is 12.4. The number of rotatable bonds is 2. The van der Waals surface area contributed by atoms with Crippen LogP contribution < -0.4 is 10.6 Å². The maximum atomic E-state index is 11.7. The standard InChI is InChI=1S/C11H11ClN2O3/c12-7-2-1-3-8(10(7)11(13)16)14-4-5-17-6-9(14)15/h1-3H,4-6H2,(H2,13,16). The molecule has 0 atom stereocenters. The smallest absolute Gasteiger partial charge is 0.253 e. The minimum Gasteiger partial charge on any atom is -0.370 e. The van der Waals surface area contributed by atoms with Crippen LogP contribution >= 0.6 is 11.6 Å². The molecule has 0 saturated carbocycles. The van der Waals surface area contributed by atoms with Crippen molar-refractivity contribution in [1.29, 1.82) is 0 Å². The molecule has 1 heterocycles. The third-order valence-corrected chi connectivity index (χ3v) is 2.83. The summed E-state index contributed by atoms with van der Waals surface area (Å²) in [5.41, 5.74) is 5.89. The van der Waals surface area contributed by atoms with Crippen LogP contribution in [-0.2, 0) is 9.53 Å². The quantitative estimate of drug-likeness (QED) is 0.849. The Balaban J connectivity index is 2.47. The van der Waals surface area contributed by atoms with Gasteiger partial charge in [-0.05, 0) is 12.1 Å². The molecular formula is C11H11ClN2O3. The minimum absolute atomic E-state index is 0.00468. The van der Waals surface area contributed by atoms with Crippen LogP contribution in [-0.4, -0.2) is 31.6 Å². The van der Waals surface area contributed by atoms with Gasteiger partial charge in [-0.1, -0.05) is 17.7 Å². The molecule has 17 heavy (non-hydrogen) atoms. The lowest BCUT2D eigenvalue weighted by Crippen LogP contribution is -2.42. The van der Waals surface area contributed by atoms with E-state index in [0.717, 1.165) is 0 Å². The van der Waals surface area contributed by atoms with E-state index in [1.807, 2.05) is 0 Å². The molecule has 2 amide bonds. The average Bonchev–Trinajstić information content (AvgIpc) is 2.28. The van der Waals surface area contributed by atoms with Crippen LogP contribution in [0.2, 0.25) is 5.02 Å². The summed E-state index contributed by atoms with van der Waals surface area (Å²) in [6.07, 6.45) is 0. The molecule has 1 aliphatic heterocycles. The first-order chi connectivity index (χ1) is 8.11. The molecule has 1 aromatic carbocycles. The van der Waals surface area contributed by atoms with E-state index < -0.39 is 5.91 Å². The summed E-state index contributed by atoms with van der Waals surface area (Å²) >= 11 is 5.92. The van der Waals surface area contributed by atoms with E-state index in [9.17, 15) is 9.59 Å². The molecule has 2 N–H and O–H groups in total. The number of halogens is 1. The van der Waals surface area contributed by atoms with Crippen molar-refractivity contribution in [2.24, 2.45) is 5.73 Å². The number of amides is 2. The number of anilines is 1. The van der Waals surface area contributed by atoms with Crippen molar-refractivity contribution in [1.82, 2.24) is 0 Å². The van der Waals surface area contributed by atoms with E-state index in [-0.39, 0.29) is 23.1 Å². The van der Waals surface area contributed by atoms with E-state index in [2.05, 4.69) is 0 Å². The molecular weight excluding hydrogens is 244 g/mol. The second-order valence-corrected chi connectivity index (χ2v) is 4.00. The Morgan fingerprint density at radius 2 is 2.24 bits per heavy atom. The van der Waals surface area contributed by atoms with E-state index in [4.69, 9.17) is 22.1 Å². The molecule has 0 bridgehead atoms. The Morgan fingerprint density at radius 1 is 1.47 bits per heavy atom. The first-order valence-electron chi connectivity index (χ1n) is 5.07. The average molecular weight is 255 g/mol. The molecule has 0 unspecified atom stereocenters. The van der Waals surface area contributed by atoms with Gasteiger partial charge in [0.2, 0.25) is 0 Å². The first-order valence-corrected chi connectivity index (χ1v) is 5.45. The SMILES string of the molecule is NC(=O)c1c(Cl)cccc1N1CCOCC1=O. The Morgan fingerprint density at radius 3 is 2.88 bits per heavy atom. The summed E-state index contributed by atoms with van der Waals surface area (Å²) < 4.78 is 5.02. The van der Waals surface area contributed by atoms with E-state index in [1.165, 1.54) is 4.90 Å². The first kappa shape index (κ1) is 11.9. The molecule has 90 valence electrons. The van der Waals surface area contributed by atoms with Crippen molar-refractivity contribution >= 4 is 29.1 Å². The Bertz CT molecular complexity index is 476. The highest BCUT2D eigenvalue weighted by molar-refractivity contribution is 6.34. The van der Waals surface area contributed by atoms with Gasteiger partial charge in [0.1, 0.15) is 6.61 Å². The summed E-state index contributed by atoms with van der Waals surface area (Å²) in [7, 11) is 0. The van der Waals surface area contributed by atoms with E-state index in [0.29, 0.717) is 18.8 Å². The van der Waals surface area contributed by atoms with Gasteiger partial charge in [0, 0.05) is 6.54 Å². The predicted molar refractivity (Wildman–Crippen MR) is 63.1 cm³/mol. The molecule has 5 nitrogen and oxygen atoms in total. The number of primary amides is 1. The molecule has 0 spiro atoms. The third kappa shape index (κ3) is 2.25. The Labute approximate surface area is 103 Å². The number of nitrogens with zero attached hydrogens (tertiary/aromatic N) is 1. The molecule has 1 saturated heterocycles. The summed E-state index contributed by atoms with van der Waals surface area (Å²) in [5, 5.41) is 0.245. The van der Waals surface area contributed by atoms with Crippen LogP contribution in [0.4, 0.5) is 5.69 Å². The van der Waals surface area contributed by atoms with Crippen LogP contribution in [0.15, 0.2) is 18.2 Å². The number of carbonyl (C=O) groups is 2. The Hall–Kier alpha value is -1.59. The van der Waals surface area contributed by atoms with Crippen molar-refractivity contribution in [2.45, 2.75) is 0 Å². The van der Waals surface area contributed by atoms with Gasteiger partial charge < -0.3 is 15.4 Å². The highest BCUT2D eigenvalue weighted by Gasteiger charge is 2.25. The summed E-state index contributed by atoms with van der Waals surface area (Å²) in [4.78, 5) is 24.5. The fraction of sp³-hybridized carbons (Fsp3) is 0.273. The van der Waals surface area contributed by atoms with Crippen molar-refractivity contribution in [2.75, 3.05) is 24.7 Å². The zero-order valence-corrected chi connectivity index (χ0v) is 9.74. The van der Waals surface area contributed by atoms with Crippen LogP contribution in [0.25, 0.3) is 0 Å².